The maximum absolute atomic E-state index is 8.35. The average Bonchev–Trinajstić information content (AvgIpc) is 1.65. The van der Waals surface area contributed by atoms with Gasteiger partial charge in [0.05, 0.1) is 6.07 Å². The molecule has 1 fully saturated rings. The Morgan fingerprint density at radius 1 is 1.62 bits per heavy atom. The summed E-state index contributed by atoms with van der Waals surface area (Å²) < 4.78 is 1.23. The lowest BCUT2D eigenvalue weighted by Crippen LogP contribution is -2.22. The van der Waals surface area contributed by atoms with Crippen LogP contribution < -0.4 is 0 Å². The maximum atomic E-state index is 8.35. The van der Waals surface area contributed by atoms with Gasteiger partial charge in [-0.3, -0.25) is 0 Å². The highest BCUT2D eigenvalue weighted by Gasteiger charge is 2.27. The van der Waals surface area contributed by atoms with E-state index in [1.165, 1.54) is 4.43 Å². The molecule has 0 N–H and O–H groups in total. The summed E-state index contributed by atoms with van der Waals surface area (Å²) in [5.74, 6) is 1.26. The van der Waals surface area contributed by atoms with Crippen molar-refractivity contribution in [1.29, 1.82) is 5.26 Å². The van der Waals surface area contributed by atoms with Crippen molar-refractivity contribution in [2.75, 3.05) is 4.43 Å². The molecule has 0 heterocycles. The Bertz CT molecular complexity index is 110. The van der Waals surface area contributed by atoms with E-state index in [9.17, 15) is 0 Å². The van der Waals surface area contributed by atoms with Gasteiger partial charge in [0.1, 0.15) is 0 Å². The summed E-state index contributed by atoms with van der Waals surface area (Å²) in [7, 11) is 0. The number of hydrogen-bond acceptors (Lipinski definition) is 1. The highest BCUT2D eigenvalue weighted by Crippen LogP contribution is 2.33. The first-order valence-corrected chi connectivity index (χ1v) is 4.35. The van der Waals surface area contributed by atoms with E-state index in [4.69, 9.17) is 5.26 Å². The van der Waals surface area contributed by atoms with Crippen LogP contribution in [0.4, 0.5) is 0 Å². The Balaban J connectivity index is 2.14. The molecule has 0 atom stereocenters. The fourth-order valence-electron chi connectivity index (χ4n) is 0.967. The lowest BCUT2D eigenvalue weighted by molar-refractivity contribution is 0.279. The van der Waals surface area contributed by atoms with Crippen molar-refractivity contribution in [2.45, 2.75) is 12.8 Å². The Labute approximate surface area is 63.2 Å². The molecule has 1 aliphatic carbocycles. The first kappa shape index (κ1) is 6.34. The fourth-order valence-corrected chi connectivity index (χ4v) is 1.69. The standard InChI is InChI=1S/C6H8IN/c7-3-5-1-6(2-5)4-8/h5-6H,1-3H2. The highest BCUT2D eigenvalue weighted by molar-refractivity contribution is 14.1. The second-order valence-electron chi connectivity index (χ2n) is 2.32. The highest BCUT2D eigenvalue weighted by atomic mass is 127. The van der Waals surface area contributed by atoms with Gasteiger partial charge >= 0.3 is 0 Å². The molecular formula is C6H8IN. The summed E-state index contributed by atoms with van der Waals surface area (Å²) in [5, 5.41) is 8.35. The molecule has 1 nitrogen and oxygen atoms in total. The summed E-state index contributed by atoms with van der Waals surface area (Å²) in [6, 6.07) is 2.26. The van der Waals surface area contributed by atoms with Crippen molar-refractivity contribution in [3.05, 3.63) is 0 Å². The average molecular weight is 221 g/mol. The van der Waals surface area contributed by atoms with Gasteiger partial charge in [0.15, 0.2) is 0 Å². The monoisotopic (exact) mass is 221 g/mol. The summed E-state index contributed by atoms with van der Waals surface area (Å²) in [5.41, 5.74) is 0. The van der Waals surface area contributed by atoms with Crippen LogP contribution in [0.15, 0.2) is 0 Å². The van der Waals surface area contributed by atoms with Crippen LogP contribution in [0, 0.1) is 23.2 Å². The number of nitrogens with zero attached hydrogens (tertiary/aromatic N) is 1. The molecule has 0 radical (unpaired) electrons. The van der Waals surface area contributed by atoms with Crippen LogP contribution in [0.25, 0.3) is 0 Å². The minimum atomic E-state index is 0.398. The molecule has 44 valence electrons. The van der Waals surface area contributed by atoms with Gasteiger partial charge in [-0.25, -0.2) is 0 Å². The number of rotatable bonds is 1. The Hall–Kier alpha value is 0.220. The first-order valence-electron chi connectivity index (χ1n) is 2.82. The molecule has 0 amide bonds. The lowest BCUT2D eigenvalue weighted by Gasteiger charge is -2.28. The first-order chi connectivity index (χ1) is 3.86. The Morgan fingerprint density at radius 2 is 2.25 bits per heavy atom. The molecule has 0 spiro atoms. The summed E-state index contributed by atoms with van der Waals surface area (Å²) >= 11 is 2.38. The predicted molar refractivity (Wildman–Crippen MR) is 40.7 cm³/mol. The summed E-state index contributed by atoms with van der Waals surface area (Å²) in [4.78, 5) is 0. The number of nitriles is 1. The molecule has 1 aliphatic rings. The number of hydrogen-bond donors (Lipinski definition) is 0. The molecule has 2 heteroatoms. The van der Waals surface area contributed by atoms with Gasteiger partial charge in [-0.2, -0.15) is 5.26 Å². The molecule has 1 rings (SSSR count). The van der Waals surface area contributed by atoms with E-state index in [1.807, 2.05) is 0 Å². The van der Waals surface area contributed by atoms with Crippen LogP contribution >= 0.6 is 22.6 Å². The quantitative estimate of drug-likeness (QED) is 0.490. The van der Waals surface area contributed by atoms with E-state index >= 15 is 0 Å². The second kappa shape index (κ2) is 2.67. The van der Waals surface area contributed by atoms with Crippen LogP contribution in [0.2, 0.25) is 0 Å². The zero-order valence-corrected chi connectivity index (χ0v) is 6.76. The molecule has 0 saturated heterocycles. The third-order valence-corrected chi connectivity index (χ3v) is 2.88. The van der Waals surface area contributed by atoms with E-state index in [-0.39, 0.29) is 0 Å². The largest absolute Gasteiger partial charge is 0.198 e. The van der Waals surface area contributed by atoms with Crippen molar-refractivity contribution >= 4 is 22.6 Å². The molecular weight excluding hydrogens is 213 g/mol. The van der Waals surface area contributed by atoms with E-state index < -0.39 is 0 Å². The molecule has 0 unspecified atom stereocenters. The van der Waals surface area contributed by atoms with Gasteiger partial charge < -0.3 is 0 Å². The molecule has 0 aromatic carbocycles. The molecule has 0 bridgehead atoms. The smallest absolute Gasteiger partial charge is 0.0656 e. The second-order valence-corrected chi connectivity index (χ2v) is 3.20. The van der Waals surface area contributed by atoms with E-state index in [0.717, 1.165) is 18.8 Å². The maximum Gasteiger partial charge on any atom is 0.0656 e. The van der Waals surface area contributed by atoms with Crippen molar-refractivity contribution in [3.63, 3.8) is 0 Å². The normalized spacial score (nSPS) is 35.5. The van der Waals surface area contributed by atoms with Crippen LogP contribution in [0.5, 0.6) is 0 Å². The zero-order chi connectivity index (χ0) is 5.98. The Kier molecular flexibility index (Phi) is 2.12. The third-order valence-electron chi connectivity index (χ3n) is 1.64. The van der Waals surface area contributed by atoms with Crippen molar-refractivity contribution < 1.29 is 0 Å². The summed E-state index contributed by atoms with van der Waals surface area (Å²) in [6.07, 6.45) is 2.30. The Morgan fingerprint density at radius 3 is 2.62 bits per heavy atom. The van der Waals surface area contributed by atoms with Crippen LogP contribution in [0.1, 0.15) is 12.8 Å². The fraction of sp³-hybridized carbons (Fsp3) is 0.833. The van der Waals surface area contributed by atoms with E-state index in [1.54, 1.807) is 0 Å². The minimum absolute atomic E-state index is 0.398. The van der Waals surface area contributed by atoms with Crippen LogP contribution in [0.3, 0.4) is 0 Å². The third kappa shape index (κ3) is 1.13. The van der Waals surface area contributed by atoms with Gasteiger partial charge in [0.25, 0.3) is 0 Å². The van der Waals surface area contributed by atoms with E-state index in [2.05, 4.69) is 28.7 Å². The van der Waals surface area contributed by atoms with Crippen molar-refractivity contribution in [1.82, 2.24) is 0 Å². The predicted octanol–water partition coefficient (Wildman–Crippen LogP) is 1.97. The summed E-state index contributed by atoms with van der Waals surface area (Å²) in [6.45, 7) is 0. The number of halogens is 1. The van der Waals surface area contributed by atoms with Crippen molar-refractivity contribution in [3.8, 4) is 6.07 Å². The lowest BCUT2D eigenvalue weighted by atomic mass is 9.77. The number of alkyl halides is 1. The molecule has 1 saturated carbocycles. The van der Waals surface area contributed by atoms with Gasteiger partial charge in [0.2, 0.25) is 0 Å². The van der Waals surface area contributed by atoms with Crippen LogP contribution in [-0.2, 0) is 0 Å². The molecule has 8 heavy (non-hydrogen) atoms. The van der Waals surface area contributed by atoms with Gasteiger partial charge in [-0.15, -0.1) is 0 Å². The topological polar surface area (TPSA) is 23.8 Å². The minimum Gasteiger partial charge on any atom is -0.198 e. The SMILES string of the molecule is N#CC1CC(CI)C1. The van der Waals surface area contributed by atoms with Gasteiger partial charge in [0, 0.05) is 10.3 Å². The van der Waals surface area contributed by atoms with Crippen LogP contribution in [-0.4, -0.2) is 4.43 Å². The zero-order valence-electron chi connectivity index (χ0n) is 4.60. The van der Waals surface area contributed by atoms with E-state index in [0.29, 0.717) is 5.92 Å². The van der Waals surface area contributed by atoms with Gasteiger partial charge in [-0.05, 0) is 18.8 Å². The van der Waals surface area contributed by atoms with Crippen molar-refractivity contribution in [2.24, 2.45) is 11.8 Å². The molecule has 0 aromatic rings. The molecule has 0 aromatic heterocycles. The van der Waals surface area contributed by atoms with Gasteiger partial charge in [-0.1, -0.05) is 22.6 Å². The molecule has 0 aliphatic heterocycles.